The van der Waals surface area contributed by atoms with Crippen LogP contribution in [0.4, 0.5) is 0 Å². The first-order valence-corrected chi connectivity index (χ1v) is 11.6. The average Bonchev–Trinajstić information content (AvgIpc) is 3.26. The van der Waals surface area contributed by atoms with Gasteiger partial charge in [0.05, 0.1) is 11.3 Å². The third kappa shape index (κ3) is 4.60. The number of hydrogen-bond donors (Lipinski definition) is 0. The fraction of sp³-hybridized carbons (Fsp3) is 0.542. The highest BCUT2D eigenvalue weighted by molar-refractivity contribution is 7.12. The Balaban J connectivity index is 1.76. The van der Waals surface area contributed by atoms with Gasteiger partial charge in [0.2, 0.25) is 0 Å². The number of thiazole rings is 1. The molecular weight excluding hydrogens is 382 g/mol. The maximum Gasteiger partial charge on any atom is 0.109 e. The number of nitrogens with zero attached hydrogens (tertiary/aromatic N) is 1. The van der Waals surface area contributed by atoms with Gasteiger partial charge in [-0.3, -0.25) is 0 Å². The lowest BCUT2D eigenvalue weighted by Crippen LogP contribution is -2.20. The lowest BCUT2D eigenvalue weighted by molar-refractivity contribution is 0.384. The SMILES string of the molecule is Cc1cc(CC(C)(C)c2ncc(CC(C)(C)c3ccco3)s2)sc1C(C)(C)C. The highest BCUT2D eigenvalue weighted by Crippen LogP contribution is 2.39. The van der Waals surface area contributed by atoms with Crippen LogP contribution < -0.4 is 0 Å². The summed E-state index contributed by atoms with van der Waals surface area (Å²) in [6, 6.07) is 6.41. The number of thiophene rings is 1. The van der Waals surface area contributed by atoms with Gasteiger partial charge in [-0.15, -0.1) is 22.7 Å². The first kappa shape index (κ1) is 21.3. The molecular formula is C24H33NOS2. The van der Waals surface area contributed by atoms with Crippen molar-refractivity contribution < 1.29 is 4.42 Å². The van der Waals surface area contributed by atoms with E-state index in [9.17, 15) is 0 Å². The predicted octanol–water partition coefficient (Wildman–Crippen LogP) is 7.44. The van der Waals surface area contributed by atoms with E-state index >= 15 is 0 Å². The van der Waals surface area contributed by atoms with Crippen LogP contribution in [0.3, 0.4) is 0 Å². The molecule has 0 saturated carbocycles. The molecule has 0 spiro atoms. The first-order valence-electron chi connectivity index (χ1n) is 9.97. The van der Waals surface area contributed by atoms with E-state index in [2.05, 4.69) is 73.7 Å². The molecule has 0 atom stereocenters. The molecule has 152 valence electrons. The Morgan fingerprint density at radius 1 is 0.929 bits per heavy atom. The zero-order valence-corrected chi connectivity index (χ0v) is 20.1. The number of furan rings is 1. The molecule has 3 aromatic heterocycles. The zero-order chi connectivity index (χ0) is 20.7. The Labute approximate surface area is 178 Å². The largest absolute Gasteiger partial charge is 0.469 e. The number of aromatic nitrogens is 1. The highest BCUT2D eigenvalue weighted by Gasteiger charge is 2.30. The Kier molecular flexibility index (Phi) is 5.68. The molecule has 2 nitrogen and oxygen atoms in total. The van der Waals surface area contributed by atoms with Gasteiger partial charge in [0.25, 0.3) is 0 Å². The molecule has 0 bridgehead atoms. The van der Waals surface area contributed by atoms with Gasteiger partial charge in [-0.25, -0.2) is 4.98 Å². The second kappa shape index (κ2) is 7.46. The fourth-order valence-electron chi connectivity index (χ4n) is 3.78. The van der Waals surface area contributed by atoms with Crippen LogP contribution in [0.2, 0.25) is 0 Å². The van der Waals surface area contributed by atoms with E-state index in [1.54, 1.807) is 6.26 Å². The summed E-state index contributed by atoms with van der Waals surface area (Å²) >= 11 is 3.82. The summed E-state index contributed by atoms with van der Waals surface area (Å²) < 4.78 is 5.65. The van der Waals surface area contributed by atoms with Crippen molar-refractivity contribution >= 4 is 22.7 Å². The number of hydrogen-bond acceptors (Lipinski definition) is 4. The van der Waals surface area contributed by atoms with Gasteiger partial charge in [0, 0.05) is 31.7 Å². The summed E-state index contributed by atoms with van der Waals surface area (Å²) in [6.45, 7) is 18.2. The lowest BCUT2D eigenvalue weighted by atomic mass is 9.86. The smallest absolute Gasteiger partial charge is 0.109 e. The molecule has 0 aliphatic carbocycles. The number of rotatable bonds is 6. The Bertz CT molecular complexity index is 920. The van der Waals surface area contributed by atoms with Crippen LogP contribution in [-0.2, 0) is 29.1 Å². The molecule has 0 aliphatic rings. The van der Waals surface area contributed by atoms with Crippen LogP contribution in [0.15, 0.2) is 35.1 Å². The molecule has 0 radical (unpaired) electrons. The Morgan fingerprint density at radius 2 is 1.61 bits per heavy atom. The van der Waals surface area contributed by atoms with Gasteiger partial charge in [0.15, 0.2) is 0 Å². The quantitative estimate of drug-likeness (QED) is 0.418. The predicted molar refractivity (Wildman–Crippen MR) is 122 cm³/mol. The molecule has 28 heavy (non-hydrogen) atoms. The van der Waals surface area contributed by atoms with Crippen LogP contribution in [0.5, 0.6) is 0 Å². The highest BCUT2D eigenvalue weighted by atomic mass is 32.1. The van der Waals surface area contributed by atoms with E-state index in [1.165, 1.54) is 25.2 Å². The molecule has 0 unspecified atom stereocenters. The summed E-state index contributed by atoms with van der Waals surface area (Å²) in [6.07, 6.45) is 5.80. The average molecular weight is 416 g/mol. The van der Waals surface area contributed by atoms with E-state index in [-0.39, 0.29) is 16.2 Å². The monoisotopic (exact) mass is 415 g/mol. The van der Waals surface area contributed by atoms with Crippen molar-refractivity contribution in [3.8, 4) is 0 Å². The Hall–Kier alpha value is -1.39. The number of aryl methyl sites for hydroxylation is 1. The van der Waals surface area contributed by atoms with Crippen molar-refractivity contribution in [2.24, 2.45) is 0 Å². The topological polar surface area (TPSA) is 26.0 Å². The zero-order valence-electron chi connectivity index (χ0n) is 18.5. The minimum Gasteiger partial charge on any atom is -0.469 e. The third-order valence-corrected chi connectivity index (χ3v) is 8.23. The molecule has 0 N–H and O–H groups in total. The summed E-state index contributed by atoms with van der Waals surface area (Å²) in [5.41, 5.74) is 1.64. The van der Waals surface area contributed by atoms with Gasteiger partial charge in [-0.2, -0.15) is 0 Å². The molecule has 0 amide bonds. The van der Waals surface area contributed by atoms with Crippen LogP contribution in [0, 0.1) is 6.92 Å². The Morgan fingerprint density at radius 3 is 2.18 bits per heavy atom. The van der Waals surface area contributed by atoms with Crippen LogP contribution >= 0.6 is 22.7 Å². The van der Waals surface area contributed by atoms with Crippen molar-refractivity contribution in [2.45, 2.75) is 84.5 Å². The maximum atomic E-state index is 5.65. The second-order valence-electron chi connectivity index (χ2n) is 10.2. The van der Waals surface area contributed by atoms with Gasteiger partial charge in [-0.05, 0) is 48.9 Å². The first-order chi connectivity index (χ1) is 12.9. The second-order valence-corrected chi connectivity index (χ2v) is 12.5. The van der Waals surface area contributed by atoms with Gasteiger partial charge in [-0.1, -0.05) is 48.5 Å². The van der Waals surface area contributed by atoms with Crippen molar-refractivity contribution in [2.75, 3.05) is 0 Å². The summed E-state index contributed by atoms with van der Waals surface area (Å²) in [4.78, 5) is 9.10. The van der Waals surface area contributed by atoms with E-state index in [4.69, 9.17) is 9.40 Å². The van der Waals surface area contributed by atoms with E-state index < -0.39 is 0 Å². The normalized spacial score (nSPS) is 13.3. The van der Waals surface area contributed by atoms with E-state index in [0.29, 0.717) is 0 Å². The lowest BCUT2D eigenvalue weighted by Gasteiger charge is -2.22. The van der Waals surface area contributed by atoms with Crippen molar-refractivity contribution in [3.05, 3.63) is 61.6 Å². The fourth-order valence-corrected chi connectivity index (χ4v) is 6.48. The molecule has 0 aliphatic heterocycles. The molecule has 0 fully saturated rings. The standard InChI is InChI=1S/C24H33NOS2/c1-16-12-17(27-20(16)22(2,3)4)13-24(7,8)21-25-15-18(28-21)14-23(5,6)19-10-9-11-26-19/h9-12,15H,13-14H2,1-8H3. The van der Waals surface area contributed by atoms with Crippen LogP contribution in [0.25, 0.3) is 0 Å². The van der Waals surface area contributed by atoms with Gasteiger partial charge in [0.1, 0.15) is 5.76 Å². The van der Waals surface area contributed by atoms with Gasteiger partial charge < -0.3 is 4.42 Å². The van der Waals surface area contributed by atoms with Crippen LogP contribution in [0.1, 0.15) is 79.4 Å². The van der Waals surface area contributed by atoms with E-state index in [1.807, 2.05) is 28.7 Å². The van der Waals surface area contributed by atoms with Crippen LogP contribution in [-0.4, -0.2) is 4.98 Å². The molecule has 0 aromatic carbocycles. The van der Waals surface area contributed by atoms with Crippen molar-refractivity contribution in [3.63, 3.8) is 0 Å². The molecule has 4 heteroatoms. The molecule has 3 aromatic rings. The summed E-state index contributed by atoms with van der Waals surface area (Å²) in [5, 5.41) is 1.22. The third-order valence-electron chi connectivity index (χ3n) is 5.20. The van der Waals surface area contributed by atoms with Crippen molar-refractivity contribution in [1.82, 2.24) is 4.98 Å². The van der Waals surface area contributed by atoms with Crippen molar-refractivity contribution in [1.29, 1.82) is 0 Å². The minimum atomic E-state index is -0.0239. The van der Waals surface area contributed by atoms with Gasteiger partial charge >= 0.3 is 0 Å². The summed E-state index contributed by atoms with van der Waals surface area (Å²) in [7, 11) is 0. The minimum absolute atomic E-state index is 0.0239. The molecule has 3 heterocycles. The molecule has 0 saturated heterocycles. The van der Waals surface area contributed by atoms with E-state index in [0.717, 1.165) is 18.6 Å². The summed E-state index contributed by atoms with van der Waals surface area (Å²) in [5.74, 6) is 1.03. The molecule has 3 rings (SSSR count). The maximum absolute atomic E-state index is 5.65.